The Bertz CT molecular complexity index is 427. The largest absolute Gasteiger partial charge is 0.481 e. The smallest absolute Gasteiger partial charge is 0.330 e. The van der Waals surface area contributed by atoms with Crippen LogP contribution >= 0.6 is 0 Å². The Morgan fingerprint density at radius 1 is 1.05 bits per heavy atom. The van der Waals surface area contributed by atoms with E-state index in [4.69, 9.17) is 28.8 Å². The number of carbonyl (C=O) groups is 3. The second kappa shape index (κ2) is 6.35. The van der Waals surface area contributed by atoms with Crippen LogP contribution in [0.3, 0.4) is 0 Å². The molecule has 2 N–H and O–H groups in total. The molecule has 118 valence electrons. The number of hydrogen-bond donors (Lipinski definition) is 2. The third-order valence-electron chi connectivity index (χ3n) is 3.15. The average Bonchev–Trinajstić information content (AvgIpc) is 2.48. The van der Waals surface area contributed by atoms with Crippen LogP contribution in [0.2, 0.25) is 0 Å². The maximum atomic E-state index is 12.1. The van der Waals surface area contributed by atoms with E-state index in [1.54, 1.807) is 0 Å². The van der Waals surface area contributed by atoms with Gasteiger partial charge < -0.3 is 33.9 Å². The maximum absolute atomic E-state index is 12.1. The van der Waals surface area contributed by atoms with Gasteiger partial charge in [-0.2, -0.15) is 0 Å². The predicted octanol–water partition coefficient (Wildman–Crippen LogP) is -1.36. The normalized spacial score (nSPS) is 28.6. The Morgan fingerprint density at radius 2 is 1.71 bits per heavy atom. The van der Waals surface area contributed by atoms with Crippen molar-refractivity contribution in [3.63, 3.8) is 0 Å². The number of aliphatic carboxylic acids is 2. The van der Waals surface area contributed by atoms with Crippen LogP contribution in [-0.4, -0.2) is 67.8 Å². The first-order chi connectivity index (χ1) is 9.97. The van der Waals surface area contributed by atoms with Crippen molar-refractivity contribution in [3.05, 3.63) is 0 Å². The van der Waals surface area contributed by atoms with Crippen molar-refractivity contribution in [2.75, 3.05) is 33.4 Å². The first kappa shape index (κ1) is 15.6. The van der Waals surface area contributed by atoms with E-state index in [-0.39, 0.29) is 20.2 Å². The van der Waals surface area contributed by atoms with E-state index in [1.165, 1.54) is 0 Å². The molecule has 2 atom stereocenters. The topological polar surface area (TPSA) is 138 Å². The van der Waals surface area contributed by atoms with Crippen LogP contribution in [0.5, 0.6) is 0 Å². The van der Waals surface area contributed by atoms with Crippen molar-refractivity contribution in [1.82, 2.24) is 0 Å². The molecule has 2 aliphatic rings. The van der Waals surface area contributed by atoms with Gasteiger partial charge in [0, 0.05) is 0 Å². The molecule has 10 nitrogen and oxygen atoms in total. The fraction of sp³-hybridized carbons (Fsp3) is 0.727. The molecule has 0 aromatic rings. The maximum Gasteiger partial charge on any atom is 0.330 e. The zero-order chi connectivity index (χ0) is 15.5. The second-order valence-corrected chi connectivity index (χ2v) is 4.58. The second-order valence-electron chi connectivity index (χ2n) is 4.58. The number of carboxylic acids is 2. The highest BCUT2D eigenvalue weighted by molar-refractivity contribution is 5.99. The van der Waals surface area contributed by atoms with Gasteiger partial charge in [0.2, 0.25) is 11.7 Å². The monoisotopic (exact) mass is 306 g/mol. The van der Waals surface area contributed by atoms with Crippen LogP contribution in [-0.2, 0) is 38.1 Å². The number of carbonyl (C=O) groups excluding carboxylic acids is 1. The third-order valence-corrected chi connectivity index (χ3v) is 3.15. The van der Waals surface area contributed by atoms with E-state index >= 15 is 0 Å². The summed E-state index contributed by atoms with van der Waals surface area (Å²) >= 11 is 0. The Hall–Kier alpha value is -1.75. The standard InChI is InChI=1S/C11H14O10/c12-7(13)6-1-17-5-20-8(6)21-10(16)11(9(14)15)2-18-4-19-3-11/h6,8H,1-5H2,(H,12,13)(H,14,15). The highest BCUT2D eigenvalue weighted by atomic mass is 16.8. The van der Waals surface area contributed by atoms with Crippen LogP contribution in [0.15, 0.2) is 0 Å². The van der Waals surface area contributed by atoms with E-state index < -0.39 is 48.7 Å². The van der Waals surface area contributed by atoms with Crippen molar-refractivity contribution in [2.45, 2.75) is 6.29 Å². The molecule has 0 spiro atoms. The van der Waals surface area contributed by atoms with Crippen LogP contribution in [0.1, 0.15) is 0 Å². The summed E-state index contributed by atoms with van der Waals surface area (Å²) in [5, 5.41) is 18.2. The van der Waals surface area contributed by atoms with Gasteiger partial charge in [-0.1, -0.05) is 0 Å². The van der Waals surface area contributed by atoms with Gasteiger partial charge in [0.1, 0.15) is 12.7 Å². The van der Waals surface area contributed by atoms with Gasteiger partial charge in [-0.3, -0.25) is 14.4 Å². The zero-order valence-electron chi connectivity index (χ0n) is 10.9. The first-order valence-electron chi connectivity index (χ1n) is 5.99. The molecule has 2 unspecified atom stereocenters. The molecule has 21 heavy (non-hydrogen) atoms. The minimum absolute atomic E-state index is 0.131. The fourth-order valence-corrected chi connectivity index (χ4v) is 1.87. The van der Waals surface area contributed by atoms with Crippen molar-refractivity contribution in [2.24, 2.45) is 11.3 Å². The number of esters is 1. The summed E-state index contributed by atoms with van der Waals surface area (Å²) in [6.45, 7) is -1.45. The number of carboxylic acid groups (broad SMARTS) is 2. The Morgan fingerprint density at radius 3 is 2.29 bits per heavy atom. The van der Waals surface area contributed by atoms with Crippen LogP contribution in [0, 0.1) is 11.3 Å². The summed E-state index contributed by atoms with van der Waals surface area (Å²) < 4.78 is 24.3. The molecule has 2 rings (SSSR count). The summed E-state index contributed by atoms with van der Waals surface area (Å²) in [4.78, 5) is 34.5. The van der Waals surface area contributed by atoms with Crippen molar-refractivity contribution in [3.8, 4) is 0 Å². The number of hydrogen-bond acceptors (Lipinski definition) is 8. The molecule has 10 heteroatoms. The summed E-state index contributed by atoms with van der Waals surface area (Å²) in [5.41, 5.74) is -2.04. The van der Waals surface area contributed by atoms with Gasteiger partial charge in [0.15, 0.2) is 6.79 Å². The van der Waals surface area contributed by atoms with Crippen molar-refractivity contribution >= 4 is 17.9 Å². The van der Waals surface area contributed by atoms with E-state index in [0.29, 0.717) is 0 Å². The summed E-state index contributed by atoms with van der Waals surface area (Å²) in [5.74, 6) is -5.18. The molecule has 2 saturated heterocycles. The lowest BCUT2D eigenvalue weighted by atomic mass is 9.89. The molecule has 0 saturated carbocycles. The summed E-state index contributed by atoms with van der Waals surface area (Å²) in [6, 6.07) is 0. The molecule has 0 aromatic carbocycles. The van der Waals surface area contributed by atoms with E-state index in [0.717, 1.165) is 0 Å². The molecule has 0 radical (unpaired) electrons. The fourth-order valence-electron chi connectivity index (χ4n) is 1.87. The van der Waals surface area contributed by atoms with Gasteiger partial charge in [-0.05, 0) is 0 Å². The highest BCUT2D eigenvalue weighted by Gasteiger charge is 2.52. The van der Waals surface area contributed by atoms with Gasteiger partial charge in [0.25, 0.3) is 0 Å². The Kier molecular flexibility index (Phi) is 4.73. The molecule has 0 amide bonds. The molecule has 0 aromatic heterocycles. The van der Waals surface area contributed by atoms with Crippen LogP contribution < -0.4 is 0 Å². The summed E-state index contributed by atoms with van der Waals surface area (Å²) in [6.07, 6.45) is -1.43. The lowest BCUT2D eigenvalue weighted by Gasteiger charge is -2.34. The van der Waals surface area contributed by atoms with E-state index in [9.17, 15) is 19.5 Å². The molecule has 2 aliphatic heterocycles. The quantitative estimate of drug-likeness (QED) is 0.472. The van der Waals surface area contributed by atoms with Crippen molar-refractivity contribution in [1.29, 1.82) is 0 Å². The molecular formula is C11H14O10. The minimum Gasteiger partial charge on any atom is -0.481 e. The lowest BCUT2D eigenvalue weighted by molar-refractivity contribution is -0.266. The van der Waals surface area contributed by atoms with E-state index in [1.807, 2.05) is 0 Å². The van der Waals surface area contributed by atoms with Gasteiger partial charge in [-0.25, -0.2) is 0 Å². The van der Waals surface area contributed by atoms with Gasteiger partial charge in [-0.15, -0.1) is 0 Å². The van der Waals surface area contributed by atoms with Crippen LogP contribution in [0.25, 0.3) is 0 Å². The van der Waals surface area contributed by atoms with E-state index in [2.05, 4.69) is 0 Å². The molecular weight excluding hydrogens is 292 g/mol. The lowest BCUT2D eigenvalue weighted by Crippen LogP contribution is -2.53. The number of rotatable bonds is 4. The zero-order valence-corrected chi connectivity index (χ0v) is 10.9. The molecule has 0 aliphatic carbocycles. The summed E-state index contributed by atoms with van der Waals surface area (Å²) in [7, 11) is 0. The SMILES string of the molecule is O=C(O)C1COCOC1OC(=O)C1(C(=O)O)COCOC1. The van der Waals surface area contributed by atoms with Crippen LogP contribution in [0.4, 0.5) is 0 Å². The first-order valence-corrected chi connectivity index (χ1v) is 5.99. The van der Waals surface area contributed by atoms with Gasteiger partial charge in [0.05, 0.1) is 19.8 Å². The predicted molar refractivity (Wildman–Crippen MR) is 59.7 cm³/mol. The minimum atomic E-state index is -2.04. The third kappa shape index (κ3) is 3.13. The van der Waals surface area contributed by atoms with Crippen molar-refractivity contribution < 1.29 is 48.3 Å². The number of ether oxygens (including phenoxy) is 5. The highest BCUT2D eigenvalue weighted by Crippen LogP contribution is 2.27. The average molecular weight is 306 g/mol. The Balaban J connectivity index is 2.10. The molecule has 2 heterocycles. The molecule has 0 bridgehead atoms. The molecule has 2 fully saturated rings. The van der Waals surface area contributed by atoms with Gasteiger partial charge >= 0.3 is 17.9 Å². The Labute approximate surface area is 118 Å².